The molecule has 1 aromatic carbocycles. The van der Waals surface area contributed by atoms with Gasteiger partial charge in [0.25, 0.3) is 5.56 Å². The van der Waals surface area contributed by atoms with Crippen molar-refractivity contribution < 1.29 is 19.2 Å². The smallest absolute Gasteiger partial charge is 0.327 e. The average Bonchev–Trinajstić information content (AvgIpc) is 3.10. The fraction of sp³-hybridized carbons (Fsp3) is 0.318. The number of carboxylic acids is 1. The quantitative estimate of drug-likeness (QED) is 0.594. The highest BCUT2D eigenvalue weighted by molar-refractivity contribution is 6.30. The molecule has 2 heterocycles. The van der Waals surface area contributed by atoms with E-state index in [1.54, 1.807) is 25.1 Å². The lowest BCUT2D eigenvalue weighted by Gasteiger charge is -2.19. The zero-order valence-electron chi connectivity index (χ0n) is 17.2. The molecule has 3 aromatic rings. The number of carboxylic acid groups (broad SMARTS) is 1. The van der Waals surface area contributed by atoms with Gasteiger partial charge in [-0.3, -0.25) is 9.36 Å². The highest BCUT2D eigenvalue weighted by atomic mass is 35.5. The highest BCUT2D eigenvalue weighted by Gasteiger charge is 2.25. The Hall–Kier alpha value is -3.06. The molecule has 7 nitrogen and oxygen atoms in total. The highest BCUT2D eigenvalue weighted by Crippen LogP contribution is 2.36. The summed E-state index contributed by atoms with van der Waals surface area (Å²) in [6.45, 7) is 5.82. The lowest BCUT2D eigenvalue weighted by Crippen LogP contribution is -2.31. The predicted molar refractivity (Wildman–Crippen MR) is 113 cm³/mol. The first-order valence-electron chi connectivity index (χ1n) is 9.46. The number of hydrogen-bond acceptors (Lipinski definition) is 5. The van der Waals surface area contributed by atoms with Gasteiger partial charge in [0, 0.05) is 29.1 Å². The van der Waals surface area contributed by atoms with E-state index in [2.05, 4.69) is 5.16 Å². The molecule has 0 aliphatic heterocycles. The van der Waals surface area contributed by atoms with Gasteiger partial charge in [0.15, 0.2) is 0 Å². The minimum absolute atomic E-state index is 0.0208. The number of aliphatic carboxylic acids is 1. The van der Waals surface area contributed by atoms with Gasteiger partial charge < -0.3 is 14.4 Å². The van der Waals surface area contributed by atoms with Crippen LogP contribution in [-0.2, 0) is 11.2 Å². The minimum atomic E-state index is -1.17. The Morgan fingerprint density at radius 3 is 2.57 bits per heavy atom. The molecule has 0 fully saturated rings. The summed E-state index contributed by atoms with van der Waals surface area (Å²) >= 11 is 6.20. The first kappa shape index (κ1) is 21.6. The zero-order chi connectivity index (χ0) is 22.0. The number of carbonyl (C=O) groups is 1. The molecular weight excluding hydrogens is 408 g/mol. The largest absolute Gasteiger partial charge is 0.495 e. The zero-order valence-corrected chi connectivity index (χ0v) is 17.9. The standard InChI is InChI=1S/C22H23ClN2O5/c1-12(2)16-6-5-14(23)8-17(16)18-10-21(26)25(11-20(18)29-4)19(22(27)28)9-15-7-13(3)24-30-15/h5-8,10-12,19H,9H2,1-4H3,(H,27,28). The van der Waals surface area contributed by atoms with Crippen molar-refractivity contribution in [1.29, 1.82) is 0 Å². The Kier molecular flexibility index (Phi) is 6.31. The summed E-state index contributed by atoms with van der Waals surface area (Å²) in [5.41, 5.74) is 2.50. The van der Waals surface area contributed by atoms with Crippen molar-refractivity contribution in [3.63, 3.8) is 0 Å². The molecule has 0 amide bonds. The van der Waals surface area contributed by atoms with Gasteiger partial charge in [0.05, 0.1) is 19.0 Å². The van der Waals surface area contributed by atoms with Crippen molar-refractivity contribution in [1.82, 2.24) is 9.72 Å². The maximum Gasteiger partial charge on any atom is 0.327 e. The monoisotopic (exact) mass is 430 g/mol. The van der Waals surface area contributed by atoms with Crippen LogP contribution in [0, 0.1) is 6.92 Å². The van der Waals surface area contributed by atoms with Crippen molar-refractivity contribution in [2.75, 3.05) is 7.11 Å². The number of rotatable bonds is 7. The third kappa shape index (κ3) is 4.41. The topological polar surface area (TPSA) is 94.6 Å². The molecule has 0 aliphatic rings. The Balaban J connectivity index is 2.13. The number of halogens is 1. The van der Waals surface area contributed by atoms with Gasteiger partial charge in [0.1, 0.15) is 17.6 Å². The van der Waals surface area contributed by atoms with Crippen LogP contribution in [0.5, 0.6) is 5.75 Å². The van der Waals surface area contributed by atoms with Crippen LogP contribution in [0.1, 0.15) is 42.8 Å². The number of nitrogens with zero attached hydrogens (tertiary/aromatic N) is 2. The van der Waals surface area contributed by atoms with E-state index < -0.39 is 17.6 Å². The summed E-state index contributed by atoms with van der Waals surface area (Å²) in [6.07, 6.45) is 1.40. The Morgan fingerprint density at radius 1 is 1.27 bits per heavy atom. The maximum absolute atomic E-state index is 13.0. The Bertz CT molecular complexity index is 1130. The fourth-order valence-corrected chi connectivity index (χ4v) is 3.59. The fourth-order valence-electron chi connectivity index (χ4n) is 3.42. The third-order valence-electron chi connectivity index (χ3n) is 4.88. The van der Waals surface area contributed by atoms with Gasteiger partial charge in [0.2, 0.25) is 0 Å². The first-order chi connectivity index (χ1) is 14.2. The molecule has 2 aromatic heterocycles. The summed E-state index contributed by atoms with van der Waals surface area (Å²) in [4.78, 5) is 24.9. The molecule has 30 heavy (non-hydrogen) atoms. The average molecular weight is 431 g/mol. The Labute approximate surface area is 178 Å². The van der Waals surface area contributed by atoms with Crippen LogP contribution in [0.4, 0.5) is 0 Å². The molecule has 8 heteroatoms. The summed E-state index contributed by atoms with van der Waals surface area (Å²) in [6, 6.07) is 7.36. The van der Waals surface area contributed by atoms with Crippen LogP contribution in [0.2, 0.25) is 5.02 Å². The third-order valence-corrected chi connectivity index (χ3v) is 5.12. The van der Waals surface area contributed by atoms with Gasteiger partial charge in [-0.2, -0.15) is 0 Å². The summed E-state index contributed by atoms with van der Waals surface area (Å²) in [5, 5.41) is 14.0. The predicted octanol–water partition coefficient (Wildman–Crippen LogP) is 4.47. The molecule has 1 unspecified atom stereocenters. The van der Waals surface area contributed by atoms with Crippen LogP contribution in [0.15, 0.2) is 45.8 Å². The van der Waals surface area contributed by atoms with Crippen LogP contribution < -0.4 is 10.3 Å². The number of aromatic nitrogens is 2. The second kappa shape index (κ2) is 8.75. The lowest BCUT2D eigenvalue weighted by molar-refractivity contribution is -0.141. The SMILES string of the molecule is COc1cn(C(Cc2cc(C)no2)C(=O)O)c(=O)cc1-c1cc(Cl)ccc1C(C)C. The first-order valence-corrected chi connectivity index (χ1v) is 9.84. The van der Waals surface area contributed by atoms with Crippen molar-refractivity contribution in [3.05, 3.63) is 68.9 Å². The molecule has 1 N–H and O–H groups in total. The molecule has 0 bridgehead atoms. The van der Waals surface area contributed by atoms with Gasteiger partial charge in [-0.15, -0.1) is 0 Å². The van der Waals surface area contributed by atoms with Gasteiger partial charge in [-0.25, -0.2) is 4.79 Å². The number of ether oxygens (including phenoxy) is 1. The number of benzene rings is 1. The second-order valence-corrected chi connectivity index (χ2v) is 7.82. The van der Waals surface area contributed by atoms with Gasteiger partial charge in [-0.1, -0.05) is 36.7 Å². The Morgan fingerprint density at radius 2 is 2.00 bits per heavy atom. The number of pyridine rings is 1. The normalized spacial score (nSPS) is 12.2. The molecule has 0 saturated heterocycles. The van der Waals surface area contributed by atoms with E-state index in [0.717, 1.165) is 15.7 Å². The van der Waals surface area contributed by atoms with E-state index in [9.17, 15) is 14.7 Å². The summed E-state index contributed by atoms with van der Waals surface area (Å²) in [7, 11) is 1.48. The molecular formula is C22H23ClN2O5. The maximum atomic E-state index is 13.0. The van der Waals surface area contributed by atoms with Crippen molar-refractivity contribution in [3.8, 4) is 16.9 Å². The van der Waals surface area contributed by atoms with Crippen LogP contribution in [-0.4, -0.2) is 27.9 Å². The molecule has 3 rings (SSSR count). The molecule has 0 aliphatic carbocycles. The summed E-state index contributed by atoms with van der Waals surface area (Å²) in [5.74, 6) is -0.219. The molecule has 158 valence electrons. The van der Waals surface area contributed by atoms with Gasteiger partial charge >= 0.3 is 5.97 Å². The van der Waals surface area contributed by atoms with E-state index in [4.69, 9.17) is 20.9 Å². The van der Waals surface area contributed by atoms with Crippen molar-refractivity contribution in [2.45, 2.75) is 39.2 Å². The number of methoxy groups -OCH3 is 1. The van der Waals surface area contributed by atoms with Crippen molar-refractivity contribution in [2.24, 2.45) is 0 Å². The molecule has 1 atom stereocenters. The summed E-state index contributed by atoms with van der Waals surface area (Å²) < 4.78 is 11.8. The van der Waals surface area contributed by atoms with E-state index in [1.807, 2.05) is 19.9 Å². The molecule has 0 radical (unpaired) electrons. The van der Waals surface area contributed by atoms with Gasteiger partial charge in [-0.05, 0) is 36.1 Å². The van der Waals surface area contributed by atoms with Crippen LogP contribution >= 0.6 is 11.6 Å². The van der Waals surface area contributed by atoms with E-state index >= 15 is 0 Å². The molecule has 0 saturated carbocycles. The number of aryl methyl sites for hydroxylation is 1. The van der Waals surface area contributed by atoms with Crippen molar-refractivity contribution >= 4 is 17.6 Å². The van der Waals surface area contributed by atoms with Crippen LogP contribution in [0.3, 0.4) is 0 Å². The lowest BCUT2D eigenvalue weighted by atomic mass is 9.92. The second-order valence-electron chi connectivity index (χ2n) is 7.38. The van der Waals surface area contributed by atoms with E-state index in [-0.39, 0.29) is 12.3 Å². The van der Waals surface area contributed by atoms with E-state index in [0.29, 0.717) is 27.8 Å². The number of hydrogen-bond donors (Lipinski definition) is 1. The van der Waals surface area contributed by atoms with Crippen LogP contribution in [0.25, 0.3) is 11.1 Å². The van der Waals surface area contributed by atoms with E-state index in [1.165, 1.54) is 19.4 Å². The minimum Gasteiger partial charge on any atom is -0.495 e. The molecule has 0 spiro atoms.